The standard InChI is InChI=1S/C23H39N3O3/c1-16(2)20(27)29-17(3)18-11-13-19(14-12-18)24-21(28)26(10)23(6,7)15-22(4,5)25(8)9/h11-14,16-17H,15H2,1-10H3,(H,24,28). The molecule has 0 saturated heterocycles. The lowest BCUT2D eigenvalue weighted by atomic mass is 9.85. The van der Waals surface area contributed by atoms with Crippen LogP contribution in [-0.4, -0.2) is 54.0 Å². The maximum atomic E-state index is 12.8. The summed E-state index contributed by atoms with van der Waals surface area (Å²) in [5, 5.41) is 2.95. The molecule has 0 radical (unpaired) electrons. The molecular formula is C23H39N3O3. The van der Waals surface area contributed by atoms with Crippen LogP contribution in [0.2, 0.25) is 0 Å². The van der Waals surface area contributed by atoms with Gasteiger partial charge in [-0.25, -0.2) is 4.79 Å². The van der Waals surface area contributed by atoms with E-state index in [0.29, 0.717) is 5.69 Å². The van der Waals surface area contributed by atoms with Crippen LogP contribution in [0.1, 0.15) is 66.6 Å². The molecule has 0 aromatic heterocycles. The highest BCUT2D eigenvalue weighted by Gasteiger charge is 2.35. The lowest BCUT2D eigenvalue weighted by Crippen LogP contribution is -2.53. The Kier molecular flexibility index (Phi) is 8.27. The fourth-order valence-corrected chi connectivity index (χ4v) is 3.03. The molecule has 1 rings (SSSR count). The molecule has 1 unspecified atom stereocenters. The van der Waals surface area contributed by atoms with Crippen molar-refractivity contribution in [3.63, 3.8) is 0 Å². The van der Waals surface area contributed by atoms with Gasteiger partial charge in [0.2, 0.25) is 0 Å². The molecule has 0 aliphatic carbocycles. The van der Waals surface area contributed by atoms with E-state index in [4.69, 9.17) is 4.74 Å². The number of carbonyl (C=O) groups is 2. The molecule has 164 valence electrons. The summed E-state index contributed by atoms with van der Waals surface area (Å²) in [5.41, 5.74) is 1.23. The summed E-state index contributed by atoms with van der Waals surface area (Å²) in [5.74, 6) is -0.383. The van der Waals surface area contributed by atoms with Gasteiger partial charge in [0, 0.05) is 23.8 Å². The van der Waals surface area contributed by atoms with E-state index in [1.807, 2.05) is 52.1 Å². The first kappa shape index (κ1) is 25.0. The van der Waals surface area contributed by atoms with Crippen molar-refractivity contribution in [2.24, 2.45) is 5.92 Å². The predicted molar refractivity (Wildman–Crippen MR) is 119 cm³/mol. The zero-order valence-electron chi connectivity index (χ0n) is 19.8. The van der Waals surface area contributed by atoms with Crippen LogP contribution < -0.4 is 5.32 Å². The molecule has 0 heterocycles. The summed E-state index contributed by atoms with van der Waals surface area (Å²) in [4.78, 5) is 28.5. The summed E-state index contributed by atoms with van der Waals surface area (Å²) in [6, 6.07) is 7.24. The normalized spacial score (nSPS) is 13.4. The summed E-state index contributed by atoms with van der Waals surface area (Å²) < 4.78 is 5.43. The van der Waals surface area contributed by atoms with Gasteiger partial charge in [-0.2, -0.15) is 0 Å². The monoisotopic (exact) mass is 405 g/mol. The van der Waals surface area contributed by atoms with Crippen LogP contribution in [0.25, 0.3) is 0 Å². The molecule has 2 amide bonds. The van der Waals surface area contributed by atoms with Gasteiger partial charge in [-0.15, -0.1) is 0 Å². The van der Waals surface area contributed by atoms with Gasteiger partial charge in [0.25, 0.3) is 0 Å². The third kappa shape index (κ3) is 7.03. The largest absolute Gasteiger partial charge is 0.458 e. The van der Waals surface area contributed by atoms with Crippen molar-refractivity contribution in [3.05, 3.63) is 29.8 Å². The van der Waals surface area contributed by atoms with E-state index in [0.717, 1.165) is 12.0 Å². The second kappa shape index (κ2) is 9.61. The molecule has 1 aromatic carbocycles. The van der Waals surface area contributed by atoms with Gasteiger partial charge in [0.15, 0.2) is 0 Å². The molecule has 29 heavy (non-hydrogen) atoms. The first-order chi connectivity index (χ1) is 13.2. The van der Waals surface area contributed by atoms with Crippen molar-refractivity contribution in [3.8, 4) is 0 Å². The molecule has 1 atom stereocenters. The number of benzene rings is 1. The van der Waals surface area contributed by atoms with Crippen molar-refractivity contribution in [1.29, 1.82) is 0 Å². The Labute approximate surface area is 176 Å². The van der Waals surface area contributed by atoms with E-state index in [2.05, 4.69) is 52.0 Å². The van der Waals surface area contributed by atoms with Gasteiger partial charge in [-0.1, -0.05) is 26.0 Å². The first-order valence-corrected chi connectivity index (χ1v) is 10.2. The maximum Gasteiger partial charge on any atom is 0.322 e. The minimum Gasteiger partial charge on any atom is -0.458 e. The number of urea groups is 1. The van der Waals surface area contributed by atoms with Crippen molar-refractivity contribution < 1.29 is 14.3 Å². The van der Waals surface area contributed by atoms with Gasteiger partial charge in [0.1, 0.15) is 6.10 Å². The van der Waals surface area contributed by atoms with Crippen LogP contribution >= 0.6 is 0 Å². The van der Waals surface area contributed by atoms with Crippen molar-refractivity contribution in [2.45, 2.75) is 72.1 Å². The summed E-state index contributed by atoms with van der Waals surface area (Å²) in [7, 11) is 5.93. The number of ether oxygens (including phenoxy) is 1. The third-order valence-corrected chi connectivity index (χ3v) is 5.68. The predicted octanol–water partition coefficient (Wildman–Crippen LogP) is 4.92. The number of nitrogens with zero attached hydrogens (tertiary/aromatic N) is 2. The topological polar surface area (TPSA) is 61.9 Å². The quantitative estimate of drug-likeness (QED) is 0.624. The van der Waals surface area contributed by atoms with E-state index in [-0.39, 0.29) is 35.1 Å². The number of carbonyl (C=O) groups excluding carboxylic acids is 2. The number of anilines is 1. The van der Waals surface area contributed by atoms with Crippen LogP contribution in [0.15, 0.2) is 24.3 Å². The third-order valence-electron chi connectivity index (χ3n) is 5.68. The van der Waals surface area contributed by atoms with E-state index in [9.17, 15) is 9.59 Å². The first-order valence-electron chi connectivity index (χ1n) is 10.2. The number of rotatable bonds is 8. The van der Waals surface area contributed by atoms with Crippen LogP contribution in [0.4, 0.5) is 10.5 Å². The summed E-state index contributed by atoms with van der Waals surface area (Å²) in [6.45, 7) is 14.0. The van der Waals surface area contributed by atoms with E-state index in [1.54, 1.807) is 4.90 Å². The van der Waals surface area contributed by atoms with Gasteiger partial charge < -0.3 is 19.9 Å². The molecule has 0 saturated carbocycles. The maximum absolute atomic E-state index is 12.8. The number of nitrogens with one attached hydrogen (secondary N) is 1. The summed E-state index contributed by atoms with van der Waals surface area (Å²) >= 11 is 0. The average molecular weight is 406 g/mol. The van der Waals surface area contributed by atoms with Gasteiger partial charge in [-0.05, 0) is 72.8 Å². The minimum absolute atomic E-state index is 0.0384. The molecule has 0 aliphatic rings. The van der Waals surface area contributed by atoms with Gasteiger partial charge >= 0.3 is 12.0 Å². The fraction of sp³-hybridized carbons (Fsp3) is 0.652. The Morgan fingerprint density at radius 2 is 1.48 bits per heavy atom. The molecule has 6 heteroatoms. The van der Waals surface area contributed by atoms with Crippen LogP contribution in [0, 0.1) is 5.92 Å². The van der Waals surface area contributed by atoms with Crippen molar-refractivity contribution in [1.82, 2.24) is 9.80 Å². The molecule has 0 bridgehead atoms. The Morgan fingerprint density at radius 1 is 0.966 bits per heavy atom. The molecule has 6 nitrogen and oxygen atoms in total. The highest BCUT2D eigenvalue weighted by Crippen LogP contribution is 2.29. The highest BCUT2D eigenvalue weighted by atomic mass is 16.5. The average Bonchev–Trinajstić information content (AvgIpc) is 2.60. The fourth-order valence-electron chi connectivity index (χ4n) is 3.03. The molecule has 1 N–H and O–H groups in total. The zero-order chi connectivity index (χ0) is 22.6. The second-order valence-electron chi connectivity index (χ2n) is 9.54. The highest BCUT2D eigenvalue weighted by molar-refractivity contribution is 5.89. The van der Waals surface area contributed by atoms with E-state index >= 15 is 0 Å². The number of hydrogen-bond donors (Lipinski definition) is 1. The van der Waals surface area contributed by atoms with Crippen LogP contribution in [0.5, 0.6) is 0 Å². The molecular weight excluding hydrogens is 366 g/mol. The lowest BCUT2D eigenvalue weighted by molar-refractivity contribution is -0.152. The SMILES string of the molecule is CC(C)C(=O)OC(C)c1ccc(NC(=O)N(C)C(C)(C)CC(C)(C)N(C)C)cc1. The van der Waals surface area contributed by atoms with Crippen molar-refractivity contribution >= 4 is 17.7 Å². The van der Waals surface area contributed by atoms with E-state index in [1.165, 1.54) is 0 Å². The van der Waals surface area contributed by atoms with Crippen LogP contribution in [-0.2, 0) is 9.53 Å². The zero-order valence-corrected chi connectivity index (χ0v) is 19.8. The second-order valence-corrected chi connectivity index (χ2v) is 9.54. The Hall–Kier alpha value is -2.08. The lowest BCUT2D eigenvalue weighted by Gasteiger charge is -2.44. The minimum atomic E-state index is -0.329. The summed E-state index contributed by atoms with van der Waals surface area (Å²) in [6.07, 6.45) is 0.499. The Balaban J connectivity index is 2.77. The number of hydrogen-bond acceptors (Lipinski definition) is 4. The molecule has 0 aliphatic heterocycles. The van der Waals surface area contributed by atoms with Gasteiger partial charge in [-0.3, -0.25) is 4.79 Å². The number of amides is 2. The van der Waals surface area contributed by atoms with Crippen molar-refractivity contribution in [2.75, 3.05) is 26.5 Å². The van der Waals surface area contributed by atoms with Gasteiger partial charge in [0.05, 0.1) is 5.92 Å². The molecule has 0 fully saturated rings. The van der Waals surface area contributed by atoms with E-state index < -0.39 is 0 Å². The molecule has 0 spiro atoms. The number of esters is 1. The smallest absolute Gasteiger partial charge is 0.322 e. The Morgan fingerprint density at radius 3 is 1.93 bits per heavy atom. The molecule has 1 aromatic rings. The van der Waals surface area contributed by atoms with Crippen LogP contribution in [0.3, 0.4) is 0 Å². The Bertz CT molecular complexity index is 694.